The van der Waals surface area contributed by atoms with Crippen molar-refractivity contribution in [1.29, 1.82) is 0 Å². The number of hydrogen-bond donors (Lipinski definition) is 3. The van der Waals surface area contributed by atoms with Crippen LogP contribution in [0.15, 0.2) is 30.3 Å². The van der Waals surface area contributed by atoms with Crippen molar-refractivity contribution in [3.05, 3.63) is 35.9 Å². The van der Waals surface area contributed by atoms with Gasteiger partial charge < -0.3 is 16.2 Å². The number of amides is 1. The molecule has 0 aliphatic heterocycles. The second-order valence-corrected chi connectivity index (χ2v) is 3.66. The molecule has 0 aliphatic rings. The van der Waals surface area contributed by atoms with Crippen molar-refractivity contribution >= 4 is 5.91 Å². The lowest BCUT2D eigenvalue weighted by atomic mass is 10.1. The van der Waals surface area contributed by atoms with Gasteiger partial charge in [0.2, 0.25) is 0 Å². The standard InChI is InChI=1S/C12H18N2O2/c1-2-10(8-13)14-12(16)11(15)9-6-4-3-5-7-9/h3-7,10-11,15H,2,8,13H2,1H3,(H,14,16). The van der Waals surface area contributed by atoms with Crippen LogP contribution in [0.25, 0.3) is 0 Å². The molecule has 0 fully saturated rings. The highest BCUT2D eigenvalue weighted by Gasteiger charge is 2.18. The predicted octanol–water partition coefficient (Wildman–Crippen LogP) is 0.573. The van der Waals surface area contributed by atoms with Crippen LogP contribution >= 0.6 is 0 Å². The summed E-state index contributed by atoms with van der Waals surface area (Å²) in [4.78, 5) is 11.7. The highest BCUT2D eigenvalue weighted by atomic mass is 16.3. The third-order valence-electron chi connectivity index (χ3n) is 2.49. The Labute approximate surface area is 95.5 Å². The van der Waals surface area contributed by atoms with E-state index < -0.39 is 12.0 Å². The summed E-state index contributed by atoms with van der Waals surface area (Å²) in [5, 5.41) is 12.5. The molecule has 0 saturated carbocycles. The summed E-state index contributed by atoms with van der Waals surface area (Å²) in [5.41, 5.74) is 6.06. The molecule has 2 atom stereocenters. The fourth-order valence-corrected chi connectivity index (χ4v) is 1.39. The van der Waals surface area contributed by atoms with Crippen LogP contribution in [0.5, 0.6) is 0 Å². The first-order valence-electron chi connectivity index (χ1n) is 5.42. The number of benzene rings is 1. The summed E-state index contributed by atoms with van der Waals surface area (Å²) in [6.45, 7) is 2.32. The Kier molecular flexibility index (Phi) is 4.95. The van der Waals surface area contributed by atoms with Gasteiger partial charge in [0.1, 0.15) is 0 Å². The molecule has 1 aromatic carbocycles. The number of aliphatic hydroxyl groups excluding tert-OH is 1. The minimum absolute atomic E-state index is 0.0779. The molecule has 2 unspecified atom stereocenters. The Bertz CT molecular complexity index is 323. The zero-order valence-corrected chi connectivity index (χ0v) is 9.39. The largest absolute Gasteiger partial charge is 0.378 e. The van der Waals surface area contributed by atoms with Crippen LogP contribution in [0.2, 0.25) is 0 Å². The first kappa shape index (κ1) is 12.7. The Morgan fingerprint density at radius 3 is 2.56 bits per heavy atom. The van der Waals surface area contributed by atoms with Gasteiger partial charge in [-0.25, -0.2) is 0 Å². The van der Waals surface area contributed by atoms with E-state index in [0.717, 1.165) is 6.42 Å². The number of aliphatic hydroxyl groups is 1. The van der Waals surface area contributed by atoms with Crippen LogP contribution in [-0.2, 0) is 4.79 Å². The molecular weight excluding hydrogens is 204 g/mol. The molecule has 0 heterocycles. The third-order valence-corrected chi connectivity index (χ3v) is 2.49. The number of hydrogen-bond acceptors (Lipinski definition) is 3. The topological polar surface area (TPSA) is 75.3 Å². The first-order valence-corrected chi connectivity index (χ1v) is 5.42. The van der Waals surface area contributed by atoms with Gasteiger partial charge in [0.15, 0.2) is 6.10 Å². The van der Waals surface area contributed by atoms with Gasteiger partial charge in [0.05, 0.1) is 0 Å². The Morgan fingerprint density at radius 2 is 2.06 bits per heavy atom. The summed E-state index contributed by atoms with van der Waals surface area (Å²) in [6.07, 6.45) is -0.370. The van der Waals surface area contributed by atoms with Gasteiger partial charge in [-0.3, -0.25) is 4.79 Å². The van der Waals surface area contributed by atoms with E-state index in [4.69, 9.17) is 5.73 Å². The highest BCUT2D eigenvalue weighted by Crippen LogP contribution is 2.12. The van der Waals surface area contributed by atoms with Gasteiger partial charge in [-0.2, -0.15) is 0 Å². The van der Waals surface area contributed by atoms with E-state index in [1.165, 1.54) is 0 Å². The maximum absolute atomic E-state index is 11.7. The molecule has 0 saturated heterocycles. The minimum Gasteiger partial charge on any atom is -0.378 e. The second kappa shape index (κ2) is 6.25. The first-order chi connectivity index (χ1) is 7.69. The summed E-state index contributed by atoms with van der Waals surface area (Å²) >= 11 is 0. The van der Waals surface area contributed by atoms with Crippen molar-refractivity contribution in [2.24, 2.45) is 5.73 Å². The van der Waals surface area contributed by atoms with E-state index in [1.807, 2.05) is 13.0 Å². The van der Waals surface area contributed by atoms with Gasteiger partial charge in [0, 0.05) is 12.6 Å². The Morgan fingerprint density at radius 1 is 1.44 bits per heavy atom. The number of carbonyl (C=O) groups excluding carboxylic acids is 1. The zero-order valence-electron chi connectivity index (χ0n) is 9.39. The second-order valence-electron chi connectivity index (χ2n) is 3.66. The molecule has 0 radical (unpaired) electrons. The monoisotopic (exact) mass is 222 g/mol. The van der Waals surface area contributed by atoms with E-state index in [1.54, 1.807) is 24.3 Å². The fraction of sp³-hybridized carbons (Fsp3) is 0.417. The molecule has 88 valence electrons. The van der Waals surface area contributed by atoms with E-state index in [0.29, 0.717) is 12.1 Å². The van der Waals surface area contributed by atoms with Crippen LogP contribution in [0, 0.1) is 0 Å². The lowest BCUT2D eigenvalue weighted by Gasteiger charge is -2.17. The molecule has 16 heavy (non-hydrogen) atoms. The zero-order chi connectivity index (χ0) is 12.0. The molecule has 1 rings (SSSR count). The summed E-state index contributed by atoms with van der Waals surface area (Å²) in [5.74, 6) is -0.400. The van der Waals surface area contributed by atoms with Crippen LogP contribution in [0.3, 0.4) is 0 Å². The average Bonchev–Trinajstić information content (AvgIpc) is 2.35. The third kappa shape index (κ3) is 3.32. The molecular formula is C12H18N2O2. The van der Waals surface area contributed by atoms with Crippen LogP contribution in [0.4, 0.5) is 0 Å². The Hall–Kier alpha value is -1.39. The van der Waals surface area contributed by atoms with Gasteiger partial charge in [-0.05, 0) is 12.0 Å². The normalized spacial score (nSPS) is 14.2. The molecule has 1 amide bonds. The smallest absolute Gasteiger partial charge is 0.253 e. The fourth-order valence-electron chi connectivity index (χ4n) is 1.39. The summed E-state index contributed by atoms with van der Waals surface area (Å²) in [7, 11) is 0. The van der Waals surface area contributed by atoms with E-state index in [2.05, 4.69) is 5.32 Å². The van der Waals surface area contributed by atoms with Crippen LogP contribution < -0.4 is 11.1 Å². The van der Waals surface area contributed by atoms with Crippen molar-refractivity contribution in [3.8, 4) is 0 Å². The molecule has 4 nitrogen and oxygen atoms in total. The lowest BCUT2D eigenvalue weighted by molar-refractivity contribution is -0.130. The quantitative estimate of drug-likeness (QED) is 0.682. The summed E-state index contributed by atoms with van der Waals surface area (Å²) in [6, 6.07) is 8.76. The molecule has 4 N–H and O–H groups in total. The number of nitrogens with two attached hydrogens (primary N) is 1. The summed E-state index contributed by atoms with van der Waals surface area (Å²) < 4.78 is 0. The van der Waals surface area contributed by atoms with Crippen molar-refractivity contribution < 1.29 is 9.90 Å². The number of carbonyl (C=O) groups is 1. The maximum Gasteiger partial charge on any atom is 0.253 e. The number of nitrogens with one attached hydrogen (secondary N) is 1. The van der Waals surface area contributed by atoms with E-state index in [-0.39, 0.29) is 6.04 Å². The molecule has 0 spiro atoms. The SMILES string of the molecule is CCC(CN)NC(=O)C(O)c1ccccc1. The van der Waals surface area contributed by atoms with Crippen LogP contribution in [0.1, 0.15) is 25.0 Å². The van der Waals surface area contributed by atoms with Crippen molar-refractivity contribution in [2.45, 2.75) is 25.5 Å². The molecule has 1 aromatic rings. The van der Waals surface area contributed by atoms with Gasteiger partial charge in [-0.15, -0.1) is 0 Å². The minimum atomic E-state index is -1.12. The Balaban J connectivity index is 2.61. The van der Waals surface area contributed by atoms with E-state index in [9.17, 15) is 9.90 Å². The van der Waals surface area contributed by atoms with Gasteiger partial charge in [-0.1, -0.05) is 37.3 Å². The highest BCUT2D eigenvalue weighted by molar-refractivity contribution is 5.82. The number of rotatable bonds is 5. The maximum atomic E-state index is 11.7. The molecule has 0 bridgehead atoms. The van der Waals surface area contributed by atoms with Crippen molar-refractivity contribution in [3.63, 3.8) is 0 Å². The molecule has 4 heteroatoms. The van der Waals surface area contributed by atoms with Gasteiger partial charge in [0.25, 0.3) is 5.91 Å². The lowest BCUT2D eigenvalue weighted by Crippen LogP contribution is -2.42. The molecule has 0 aliphatic carbocycles. The van der Waals surface area contributed by atoms with Crippen molar-refractivity contribution in [2.75, 3.05) is 6.54 Å². The van der Waals surface area contributed by atoms with Crippen LogP contribution in [-0.4, -0.2) is 23.6 Å². The average molecular weight is 222 g/mol. The van der Waals surface area contributed by atoms with E-state index >= 15 is 0 Å². The predicted molar refractivity (Wildman–Crippen MR) is 62.7 cm³/mol. The van der Waals surface area contributed by atoms with Crippen molar-refractivity contribution in [1.82, 2.24) is 5.32 Å². The molecule has 0 aromatic heterocycles. The van der Waals surface area contributed by atoms with Gasteiger partial charge >= 0.3 is 0 Å².